The fraction of sp³-hybridized carbons (Fsp3) is 0.667. The summed E-state index contributed by atoms with van der Waals surface area (Å²) < 4.78 is 29.6. The first-order chi connectivity index (χ1) is 11.3. The maximum Gasteiger partial charge on any atom is 0.415 e. The molecule has 9 heteroatoms. The highest BCUT2D eigenvalue weighted by molar-refractivity contribution is 7.88. The topological polar surface area (TPSA) is 92.7 Å². The van der Waals surface area contributed by atoms with Crippen molar-refractivity contribution in [3.63, 3.8) is 0 Å². The molecule has 3 rings (SSSR count). The van der Waals surface area contributed by atoms with Crippen LogP contribution >= 0.6 is 0 Å². The summed E-state index contributed by atoms with van der Waals surface area (Å²) in [5.41, 5.74) is 0.858. The highest BCUT2D eigenvalue weighted by Crippen LogP contribution is 2.24. The van der Waals surface area contributed by atoms with Crippen LogP contribution in [-0.4, -0.2) is 60.8 Å². The molecule has 0 bridgehead atoms. The van der Waals surface area contributed by atoms with E-state index < -0.39 is 16.1 Å². The number of anilines is 1. The van der Waals surface area contributed by atoms with E-state index in [9.17, 15) is 13.2 Å². The smallest absolute Gasteiger partial charge is 0.415 e. The lowest BCUT2D eigenvalue weighted by Gasteiger charge is -2.30. The Balaban J connectivity index is 1.58. The lowest BCUT2D eigenvalue weighted by atomic mass is 9.93. The van der Waals surface area contributed by atoms with Gasteiger partial charge in [-0.2, -0.15) is 0 Å². The van der Waals surface area contributed by atoms with Gasteiger partial charge >= 0.3 is 6.09 Å². The first kappa shape index (κ1) is 17.1. The second kappa shape index (κ2) is 6.64. The van der Waals surface area contributed by atoms with Crippen molar-refractivity contribution in [3.05, 3.63) is 18.1 Å². The average Bonchev–Trinajstić information content (AvgIpc) is 2.87. The standard InChI is InChI=1S/C15H22N4O4S/c1-11-10-23-15(20)19(11)14-9-16-13(8-17-14)7-12-3-5-18(6-4-12)24(2,21)22/h8-9,11-12H,3-7,10H2,1-2H3/t11-/m0/s1. The number of carbonyl (C=O) groups is 1. The first-order valence-corrected chi connectivity index (χ1v) is 9.91. The van der Waals surface area contributed by atoms with E-state index in [1.165, 1.54) is 15.5 Å². The van der Waals surface area contributed by atoms with Crippen molar-refractivity contribution in [2.45, 2.75) is 32.2 Å². The van der Waals surface area contributed by atoms with Crippen LogP contribution < -0.4 is 4.90 Å². The number of sulfonamides is 1. The van der Waals surface area contributed by atoms with Crippen LogP contribution in [0.4, 0.5) is 10.6 Å². The van der Waals surface area contributed by atoms with Crippen molar-refractivity contribution in [3.8, 4) is 0 Å². The van der Waals surface area contributed by atoms with Gasteiger partial charge in [0.15, 0.2) is 5.82 Å². The number of nitrogens with zero attached hydrogens (tertiary/aromatic N) is 4. The average molecular weight is 354 g/mol. The van der Waals surface area contributed by atoms with E-state index in [0.29, 0.717) is 31.4 Å². The van der Waals surface area contributed by atoms with Crippen molar-refractivity contribution in [1.29, 1.82) is 0 Å². The Morgan fingerprint density at radius 3 is 2.46 bits per heavy atom. The van der Waals surface area contributed by atoms with Crippen LogP contribution in [0.25, 0.3) is 0 Å². The SMILES string of the molecule is C[C@H]1COC(=O)N1c1cnc(CC2CCN(S(C)(=O)=O)CC2)cn1. The molecular weight excluding hydrogens is 332 g/mol. The van der Waals surface area contributed by atoms with Gasteiger partial charge in [-0.05, 0) is 32.1 Å². The van der Waals surface area contributed by atoms with E-state index in [-0.39, 0.29) is 6.04 Å². The third-order valence-electron chi connectivity index (χ3n) is 4.56. The molecule has 2 saturated heterocycles. The largest absolute Gasteiger partial charge is 0.447 e. The zero-order valence-electron chi connectivity index (χ0n) is 13.9. The van der Waals surface area contributed by atoms with E-state index in [0.717, 1.165) is 25.0 Å². The van der Waals surface area contributed by atoms with E-state index in [1.807, 2.05) is 6.92 Å². The monoisotopic (exact) mass is 354 g/mol. The molecule has 3 heterocycles. The van der Waals surface area contributed by atoms with Crippen molar-refractivity contribution < 1.29 is 17.9 Å². The third kappa shape index (κ3) is 3.67. The van der Waals surface area contributed by atoms with E-state index in [4.69, 9.17) is 4.74 Å². The van der Waals surface area contributed by atoms with Gasteiger partial charge in [-0.1, -0.05) is 0 Å². The maximum atomic E-state index is 11.7. The molecule has 2 fully saturated rings. The van der Waals surface area contributed by atoms with Crippen LogP contribution in [0, 0.1) is 5.92 Å². The number of rotatable bonds is 4. The minimum absolute atomic E-state index is 0.0435. The summed E-state index contributed by atoms with van der Waals surface area (Å²) in [4.78, 5) is 21.9. The molecule has 0 unspecified atom stereocenters. The van der Waals surface area contributed by atoms with Crippen LogP contribution in [0.15, 0.2) is 12.4 Å². The highest BCUT2D eigenvalue weighted by Gasteiger charge is 2.32. The summed E-state index contributed by atoms with van der Waals surface area (Å²) in [6.45, 7) is 3.38. The molecule has 1 atom stereocenters. The maximum absolute atomic E-state index is 11.7. The van der Waals surface area contributed by atoms with Gasteiger partial charge < -0.3 is 4.74 Å². The zero-order chi connectivity index (χ0) is 17.3. The number of aromatic nitrogens is 2. The van der Waals surface area contributed by atoms with Gasteiger partial charge in [-0.15, -0.1) is 0 Å². The molecule has 1 amide bonds. The van der Waals surface area contributed by atoms with Crippen LogP contribution in [0.3, 0.4) is 0 Å². The molecule has 2 aliphatic heterocycles. The summed E-state index contributed by atoms with van der Waals surface area (Å²) in [7, 11) is -3.09. The number of hydrogen-bond donors (Lipinski definition) is 0. The van der Waals surface area contributed by atoms with Gasteiger partial charge in [0, 0.05) is 13.1 Å². The molecule has 2 aliphatic rings. The Bertz CT molecular complexity index is 699. The fourth-order valence-electron chi connectivity index (χ4n) is 3.15. The molecular formula is C15H22N4O4S. The number of cyclic esters (lactones) is 1. The second-order valence-corrected chi connectivity index (χ2v) is 8.45. The molecule has 132 valence electrons. The number of ether oxygens (including phenoxy) is 1. The Labute approximate surface area is 141 Å². The predicted molar refractivity (Wildman–Crippen MR) is 88.2 cm³/mol. The summed E-state index contributed by atoms with van der Waals surface area (Å²) in [6.07, 6.45) is 6.57. The van der Waals surface area contributed by atoms with Gasteiger partial charge in [0.1, 0.15) is 6.61 Å². The van der Waals surface area contributed by atoms with E-state index >= 15 is 0 Å². The predicted octanol–water partition coefficient (Wildman–Crippen LogP) is 1.04. The van der Waals surface area contributed by atoms with Crippen LogP contribution in [0.1, 0.15) is 25.5 Å². The minimum Gasteiger partial charge on any atom is -0.447 e. The van der Waals surface area contributed by atoms with Crippen LogP contribution in [0.2, 0.25) is 0 Å². The van der Waals surface area contributed by atoms with Crippen LogP contribution in [-0.2, 0) is 21.2 Å². The molecule has 0 aliphatic carbocycles. The summed E-state index contributed by atoms with van der Waals surface area (Å²) in [5, 5.41) is 0. The fourth-order valence-corrected chi connectivity index (χ4v) is 4.03. The van der Waals surface area contributed by atoms with Crippen molar-refractivity contribution in [1.82, 2.24) is 14.3 Å². The van der Waals surface area contributed by atoms with E-state index in [2.05, 4.69) is 9.97 Å². The molecule has 0 spiro atoms. The molecule has 1 aromatic heterocycles. The van der Waals surface area contributed by atoms with Gasteiger partial charge in [-0.25, -0.2) is 22.5 Å². The number of hydrogen-bond acceptors (Lipinski definition) is 6. The molecule has 8 nitrogen and oxygen atoms in total. The minimum atomic E-state index is -3.09. The third-order valence-corrected chi connectivity index (χ3v) is 5.87. The Hall–Kier alpha value is -1.74. The molecule has 1 aromatic rings. The number of amides is 1. The lowest BCUT2D eigenvalue weighted by molar-refractivity contribution is 0.179. The number of carbonyl (C=O) groups excluding carboxylic acids is 1. The summed E-state index contributed by atoms with van der Waals surface area (Å²) in [6, 6.07) is -0.0435. The Morgan fingerprint density at radius 1 is 1.25 bits per heavy atom. The molecule has 0 saturated carbocycles. The van der Waals surface area contributed by atoms with Gasteiger partial charge in [0.25, 0.3) is 0 Å². The summed E-state index contributed by atoms with van der Waals surface area (Å²) in [5.74, 6) is 0.902. The molecule has 24 heavy (non-hydrogen) atoms. The van der Waals surface area contributed by atoms with Crippen molar-refractivity contribution in [2.75, 3.05) is 30.9 Å². The molecule has 0 aromatic carbocycles. The van der Waals surface area contributed by atoms with Gasteiger partial charge in [0.2, 0.25) is 10.0 Å². The number of piperidine rings is 1. The second-order valence-electron chi connectivity index (χ2n) is 6.47. The molecule has 0 N–H and O–H groups in total. The molecule has 0 radical (unpaired) electrons. The van der Waals surface area contributed by atoms with Crippen molar-refractivity contribution in [2.24, 2.45) is 5.92 Å². The Kier molecular flexibility index (Phi) is 4.73. The van der Waals surface area contributed by atoms with Crippen LogP contribution in [0.5, 0.6) is 0 Å². The zero-order valence-corrected chi connectivity index (χ0v) is 14.7. The Morgan fingerprint density at radius 2 is 1.96 bits per heavy atom. The van der Waals surface area contributed by atoms with E-state index in [1.54, 1.807) is 12.4 Å². The normalized spacial score (nSPS) is 23.5. The van der Waals surface area contributed by atoms with Crippen molar-refractivity contribution >= 4 is 21.9 Å². The first-order valence-electron chi connectivity index (χ1n) is 8.06. The summed E-state index contributed by atoms with van der Waals surface area (Å²) >= 11 is 0. The quantitative estimate of drug-likeness (QED) is 0.802. The van der Waals surface area contributed by atoms with Gasteiger partial charge in [-0.3, -0.25) is 9.88 Å². The highest BCUT2D eigenvalue weighted by atomic mass is 32.2. The lowest BCUT2D eigenvalue weighted by Crippen LogP contribution is -2.38. The van der Waals surface area contributed by atoms with Gasteiger partial charge in [0.05, 0.1) is 30.4 Å².